The summed E-state index contributed by atoms with van der Waals surface area (Å²) in [6.07, 6.45) is 0. The number of rotatable bonds is 6. The third-order valence-corrected chi connectivity index (χ3v) is 7.37. The molecule has 0 aliphatic carbocycles. The van der Waals surface area contributed by atoms with Gasteiger partial charge in [-0.1, -0.05) is 0 Å². The van der Waals surface area contributed by atoms with Gasteiger partial charge in [-0.15, -0.1) is 0 Å². The minimum absolute atomic E-state index is 1.48. The third kappa shape index (κ3) is 3.05. The van der Waals surface area contributed by atoms with Crippen molar-refractivity contribution in [2.45, 2.75) is 0 Å². The fraction of sp³-hybridized carbons (Fsp3) is 1.00. The molecule has 0 atom stereocenters. The lowest BCUT2D eigenvalue weighted by Gasteiger charge is -2.16. The molecule has 0 amide bonds. The molecule has 16 heavy (non-hydrogen) atoms. The Morgan fingerprint density at radius 2 is 0.812 bits per heavy atom. The van der Waals surface area contributed by atoms with Crippen molar-refractivity contribution < 1.29 is 38.4 Å². The van der Waals surface area contributed by atoms with Gasteiger partial charge in [-0.3, -0.25) is 0 Å². The summed E-state index contributed by atoms with van der Waals surface area (Å²) in [6, 6.07) is -7.28. The molecule has 0 radical (unpaired) electrons. The van der Waals surface area contributed by atoms with E-state index in [1.807, 2.05) is 0 Å². The predicted molar refractivity (Wildman–Crippen MR) is 46.5 cm³/mol. The van der Waals surface area contributed by atoms with Crippen LogP contribution in [0.5, 0.6) is 0 Å². The first-order chi connectivity index (χ1) is 7.05. The van der Waals surface area contributed by atoms with Crippen LogP contribution in [0.25, 0.3) is 0 Å². The maximum Gasteiger partial charge on any atom is 0.270 e. The van der Waals surface area contributed by atoms with Gasteiger partial charge in [0.15, 0.2) is 0 Å². The molecule has 0 N–H and O–H groups in total. The van der Waals surface area contributed by atoms with Crippen LogP contribution in [0.4, 0.5) is 13.2 Å². The highest BCUT2D eigenvalue weighted by Gasteiger charge is 2.44. The van der Waals surface area contributed by atoms with E-state index in [2.05, 4.69) is 0 Å². The van der Waals surface area contributed by atoms with E-state index in [0.717, 1.165) is 0 Å². The SMILES string of the molecule is O=S(=O)(CF)N(S(=O)(=O)CF)S(=O)(=O)CF. The number of halogens is 3. The van der Waals surface area contributed by atoms with Crippen molar-refractivity contribution in [3.8, 4) is 0 Å². The van der Waals surface area contributed by atoms with Crippen molar-refractivity contribution in [2.24, 2.45) is 0 Å². The van der Waals surface area contributed by atoms with E-state index in [1.165, 1.54) is 0 Å². The monoisotopic (exact) mass is 305 g/mol. The number of hydrogen-bond acceptors (Lipinski definition) is 6. The summed E-state index contributed by atoms with van der Waals surface area (Å²) in [5, 5.41) is 0. The van der Waals surface area contributed by atoms with Gasteiger partial charge in [0.1, 0.15) is 0 Å². The van der Waals surface area contributed by atoms with Crippen LogP contribution in [0.2, 0.25) is 0 Å². The van der Waals surface area contributed by atoms with Gasteiger partial charge in [-0.25, -0.2) is 38.4 Å². The first kappa shape index (κ1) is 15.6. The highest BCUT2D eigenvalue weighted by molar-refractivity contribution is 8.17. The molecule has 0 saturated heterocycles. The van der Waals surface area contributed by atoms with Gasteiger partial charge in [0.25, 0.3) is 30.1 Å². The smallest absolute Gasteiger partial charge is 0.232 e. The van der Waals surface area contributed by atoms with E-state index < -0.39 is 51.2 Å². The Bertz CT molecular complexity index is 454. The van der Waals surface area contributed by atoms with Crippen LogP contribution in [0.3, 0.4) is 0 Å². The first-order valence-electron chi connectivity index (χ1n) is 3.22. The van der Waals surface area contributed by atoms with Gasteiger partial charge < -0.3 is 0 Å². The number of sulfonamides is 3. The largest absolute Gasteiger partial charge is 0.270 e. The van der Waals surface area contributed by atoms with Gasteiger partial charge in [0, 0.05) is 3.12 Å². The van der Waals surface area contributed by atoms with Crippen molar-refractivity contribution in [1.29, 1.82) is 0 Å². The average Bonchev–Trinajstić information content (AvgIpc) is 2.16. The Hall–Kier alpha value is -0.400. The van der Waals surface area contributed by atoms with Crippen molar-refractivity contribution in [3.05, 3.63) is 0 Å². The molecule has 0 aliphatic heterocycles. The molecule has 0 aliphatic rings. The molecule has 0 heterocycles. The Morgan fingerprint density at radius 1 is 0.625 bits per heavy atom. The molecule has 0 aromatic carbocycles. The van der Waals surface area contributed by atoms with Crippen LogP contribution in [-0.2, 0) is 30.1 Å². The fourth-order valence-electron chi connectivity index (χ4n) is 0.639. The minimum Gasteiger partial charge on any atom is -0.232 e. The molecular formula is C3H6F3NO6S3. The predicted octanol–water partition coefficient (Wildman–Crippen LogP) is -0.941. The molecule has 0 bridgehead atoms. The lowest BCUT2D eigenvalue weighted by Crippen LogP contribution is -2.43. The van der Waals surface area contributed by atoms with E-state index in [4.69, 9.17) is 0 Å². The topological polar surface area (TPSA) is 106 Å². The number of hydrogen-bond donors (Lipinski definition) is 0. The zero-order chi connectivity index (χ0) is 13.2. The average molecular weight is 305 g/mol. The maximum atomic E-state index is 12.0. The molecule has 0 aromatic heterocycles. The minimum atomic E-state index is -5.49. The fourth-order valence-corrected chi connectivity index (χ4v) is 5.75. The van der Waals surface area contributed by atoms with Crippen LogP contribution in [0.15, 0.2) is 0 Å². The van der Waals surface area contributed by atoms with Crippen molar-refractivity contribution >= 4 is 30.1 Å². The summed E-state index contributed by atoms with van der Waals surface area (Å²) >= 11 is 0. The highest BCUT2D eigenvalue weighted by atomic mass is 32.3. The molecule has 13 heteroatoms. The van der Waals surface area contributed by atoms with E-state index in [0.29, 0.717) is 0 Å². The van der Waals surface area contributed by atoms with Crippen LogP contribution in [-0.4, -0.2) is 46.4 Å². The lowest BCUT2D eigenvalue weighted by molar-refractivity contribution is 0.475. The maximum absolute atomic E-state index is 12.0. The summed E-state index contributed by atoms with van der Waals surface area (Å²) in [4.78, 5) is 0. The van der Waals surface area contributed by atoms with Gasteiger partial charge in [0.2, 0.25) is 18.0 Å². The van der Waals surface area contributed by atoms with E-state index >= 15 is 0 Å². The standard InChI is InChI=1S/C3H6F3NO6S3/c4-1-14(8,9)7(15(10,11)2-5)16(12,13)3-6/h1-3H2. The Morgan fingerprint density at radius 3 is 0.938 bits per heavy atom. The normalized spacial score (nSPS) is 14.2. The molecule has 0 saturated carbocycles. The van der Waals surface area contributed by atoms with Crippen molar-refractivity contribution in [1.82, 2.24) is 3.12 Å². The van der Waals surface area contributed by atoms with E-state index in [1.54, 1.807) is 0 Å². The Labute approximate surface area is 90.0 Å². The third-order valence-electron chi connectivity index (χ3n) is 1.10. The zero-order valence-corrected chi connectivity index (χ0v) is 9.83. The summed E-state index contributed by atoms with van der Waals surface area (Å²) < 4.78 is 99.0. The second-order valence-corrected chi connectivity index (χ2v) is 8.23. The second kappa shape index (κ2) is 4.85. The number of alkyl halides is 3. The zero-order valence-electron chi connectivity index (χ0n) is 7.38. The van der Waals surface area contributed by atoms with Crippen molar-refractivity contribution in [3.63, 3.8) is 0 Å². The second-order valence-electron chi connectivity index (χ2n) is 2.30. The van der Waals surface area contributed by atoms with Crippen molar-refractivity contribution in [2.75, 3.05) is 18.0 Å². The molecule has 0 unspecified atom stereocenters. The molecular weight excluding hydrogens is 299 g/mol. The first-order valence-corrected chi connectivity index (χ1v) is 8.04. The van der Waals surface area contributed by atoms with Crippen LogP contribution >= 0.6 is 0 Å². The molecule has 98 valence electrons. The van der Waals surface area contributed by atoms with Gasteiger partial charge in [-0.2, -0.15) is 0 Å². The van der Waals surface area contributed by atoms with Crippen LogP contribution < -0.4 is 0 Å². The van der Waals surface area contributed by atoms with Crippen LogP contribution in [0, 0.1) is 0 Å². The van der Waals surface area contributed by atoms with E-state index in [9.17, 15) is 38.4 Å². The summed E-state index contributed by atoms with van der Waals surface area (Å²) in [5.41, 5.74) is 0. The summed E-state index contributed by atoms with van der Waals surface area (Å²) in [5.74, 6) is 0. The molecule has 0 spiro atoms. The molecule has 0 rings (SSSR count). The number of nitrogens with zero attached hydrogens (tertiary/aromatic N) is 1. The molecule has 0 aromatic rings. The summed E-state index contributed by atoms with van der Waals surface area (Å²) in [7, 11) is -16.5. The van der Waals surface area contributed by atoms with Crippen LogP contribution in [0.1, 0.15) is 0 Å². The highest BCUT2D eigenvalue weighted by Crippen LogP contribution is 2.17. The molecule has 0 fully saturated rings. The van der Waals surface area contributed by atoms with Gasteiger partial charge in [0.05, 0.1) is 0 Å². The Balaban J connectivity index is 6.03. The summed E-state index contributed by atoms with van der Waals surface area (Å²) in [6.45, 7) is 0. The van der Waals surface area contributed by atoms with Gasteiger partial charge in [-0.05, 0) is 0 Å². The lowest BCUT2D eigenvalue weighted by atomic mass is 11.8. The quantitative estimate of drug-likeness (QED) is 0.627. The van der Waals surface area contributed by atoms with E-state index in [-0.39, 0.29) is 0 Å². The molecule has 7 nitrogen and oxygen atoms in total. The Kier molecular flexibility index (Phi) is 4.73. The van der Waals surface area contributed by atoms with Gasteiger partial charge >= 0.3 is 0 Å².